The maximum absolute atomic E-state index is 4.59. The molecule has 1 aromatic heterocycles. The van der Waals surface area contributed by atoms with Crippen molar-refractivity contribution in [3.63, 3.8) is 0 Å². The molecule has 0 spiro atoms. The number of allylic oxidation sites excluding steroid dienone is 2. The molecular weight excluding hydrogens is 428 g/mol. The molecule has 1 unspecified atom stereocenters. The lowest BCUT2D eigenvalue weighted by Gasteiger charge is -2.44. The van der Waals surface area contributed by atoms with Crippen LogP contribution in [0.1, 0.15) is 69.9 Å². The van der Waals surface area contributed by atoms with Crippen molar-refractivity contribution in [3.05, 3.63) is 84.5 Å². The fourth-order valence-corrected chi connectivity index (χ4v) is 5.90. The van der Waals surface area contributed by atoms with E-state index in [4.69, 9.17) is 0 Å². The van der Waals surface area contributed by atoms with Crippen LogP contribution in [0.2, 0.25) is 0 Å². The Balaban J connectivity index is 1.32. The number of rotatable bonds is 9. The minimum absolute atomic E-state index is 0.504. The van der Waals surface area contributed by atoms with Crippen molar-refractivity contribution >= 4 is 5.69 Å². The molecule has 4 nitrogen and oxygen atoms in total. The molecule has 35 heavy (non-hydrogen) atoms. The van der Waals surface area contributed by atoms with Crippen LogP contribution in [0.15, 0.2) is 73.3 Å². The Bertz CT molecular complexity index is 968. The first kappa shape index (κ1) is 25.5. The molecule has 2 aromatic rings. The summed E-state index contributed by atoms with van der Waals surface area (Å²) in [6.07, 6.45) is 9.68. The Labute approximate surface area is 213 Å². The number of hydrogen-bond donors (Lipinski definition) is 0. The van der Waals surface area contributed by atoms with E-state index in [1.807, 2.05) is 12.4 Å². The minimum Gasteiger partial charge on any atom is -0.375 e. The zero-order valence-electron chi connectivity index (χ0n) is 22.1. The Hall–Kier alpha value is -2.59. The largest absolute Gasteiger partial charge is 0.375 e. The number of anilines is 1. The van der Waals surface area contributed by atoms with Crippen molar-refractivity contribution in [3.8, 4) is 0 Å². The van der Waals surface area contributed by atoms with Crippen LogP contribution >= 0.6 is 0 Å². The summed E-state index contributed by atoms with van der Waals surface area (Å²) in [6, 6.07) is 13.7. The molecule has 0 bridgehead atoms. The predicted molar refractivity (Wildman–Crippen MR) is 148 cm³/mol. The zero-order valence-corrected chi connectivity index (χ0v) is 22.1. The van der Waals surface area contributed by atoms with Gasteiger partial charge in [-0.1, -0.05) is 45.2 Å². The van der Waals surface area contributed by atoms with E-state index in [9.17, 15) is 0 Å². The summed E-state index contributed by atoms with van der Waals surface area (Å²) in [5.41, 5.74) is 6.68. The molecule has 4 rings (SSSR count). The number of para-hydroxylation sites is 1. The summed E-state index contributed by atoms with van der Waals surface area (Å²) in [4.78, 5) is 11.8. The third kappa shape index (κ3) is 6.16. The molecule has 1 aromatic carbocycles. The van der Waals surface area contributed by atoms with Crippen molar-refractivity contribution in [2.45, 2.75) is 71.4 Å². The lowest BCUT2D eigenvalue weighted by atomic mass is 9.90. The fourth-order valence-electron chi connectivity index (χ4n) is 5.90. The Kier molecular flexibility index (Phi) is 8.67. The quantitative estimate of drug-likeness (QED) is 0.399. The van der Waals surface area contributed by atoms with Crippen LogP contribution in [0.3, 0.4) is 0 Å². The van der Waals surface area contributed by atoms with Gasteiger partial charge in [0.05, 0.1) is 0 Å². The predicted octanol–water partition coefficient (Wildman–Crippen LogP) is 6.83. The second kappa shape index (κ2) is 11.9. The van der Waals surface area contributed by atoms with E-state index in [1.54, 1.807) is 0 Å². The minimum atomic E-state index is 0.504. The van der Waals surface area contributed by atoms with Crippen LogP contribution in [-0.4, -0.2) is 47.0 Å². The monoisotopic (exact) mass is 472 g/mol. The summed E-state index contributed by atoms with van der Waals surface area (Å²) < 4.78 is 0. The number of nitrogens with zero attached hydrogens (tertiary/aromatic N) is 4. The van der Waals surface area contributed by atoms with E-state index in [2.05, 4.69) is 90.0 Å². The number of hydrogen-bond acceptors (Lipinski definition) is 4. The Morgan fingerprint density at radius 1 is 1.00 bits per heavy atom. The highest BCUT2D eigenvalue weighted by molar-refractivity contribution is 5.59. The van der Waals surface area contributed by atoms with Gasteiger partial charge in [-0.3, -0.25) is 9.88 Å². The molecule has 1 atom stereocenters. The molecule has 0 amide bonds. The van der Waals surface area contributed by atoms with Gasteiger partial charge in [-0.25, -0.2) is 0 Å². The molecule has 0 radical (unpaired) electrons. The first-order valence-corrected chi connectivity index (χ1v) is 13.6. The SMILES string of the molecule is C=C(C1CCN(Cc2ccncc2)CC1)N1CCC(N(C(=C)C)c2ccccc2C(C)CC)CC1. The summed E-state index contributed by atoms with van der Waals surface area (Å²) in [7, 11) is 0. The molecule has 188 valence electrons. The third-order valence-electron chi connectivity index (χ3n) is 8.20. The summed E-state index contributed by atoms with van der Waals surface area (Å²) in [5, 5.41) is 0. The molecule has 0 aliphatic carbocycles. The highest BCUT2D eigenvalue weighted by Crippen LogP contribution is 2.36. The third-order valence-corrected chi connectivity index (χ3v) is 8.20. The van der Waals surface area contributed by atoms with Crippen LogP contribution in [0, 0.1) is 5.92 Å². The zero-order chi connectivity index (χ0) is 24.8. The summed E-state index contributed by atoms with van der Waals surface area (Å²) >= 11 is 0. The first-order valence-electron chi connectivity index (χ1n) is 13.6. The van der Waals surface area contributed by atoms with Crippen LogP contribution < -0.4 is 4.90 Å². The van der Waals surface area contributed by atoms with Gasteiger partial charge in [-0.2, -0.15) is 0 Å². The van der Waals surface area contributed by atoms with Crippen LogP contribution in [0.4, 0.5) is 5.69 Å². The second-order valence-electron chi connectivity index (χ2n) is 10.6. The molecule has 2 aliphatic rings. The maximum Gasteiger partial charge on any atom is 0.0445 e. The molecular formula is C31H44N4. The fraction of sp³-hybridized carbons (Fsp3) is 0.516. The standard InChI is InChI=1S/C31H44N4/c1-6-25(4)30-9-7-8-10-31(30)35(24(2)3)29-15-21-34(22-16-29)26(5)28-13-19-33(20-14-28)23-27-11-17-32-18-12-27/h7-12,17-18,25,28-29H,2,5-6,13-16,19-23H2,1,3-4H3. The van der Waals surface area contributed by atoms with E-state index >= 15 is 0 Å². The van der Waals surface area contributed by atoms with Crippen molar-refractivity contribution in [2.75, 3.05) is 31.1 Å². The van der Waals surface area contributed by atoms with E-state index < -0.39 is 0 Å². The van der Waals surface area contributed by atoms with E-state index in [1.165, 1.54) is 35.4 Å². The van der Waals surface area contributed by atoms with Crippen LogP contribution in [-0.2, 0) is 6.54 Å². The number of benzene rings is 1. The molecule has 2 saturated heterocycles. The molecule has 2 fully saturated rings. The molecule has 0 saturated carbocycles. The van der Waals surface area contributed by atoms with Gasteiger partial charge >= 0.3 is 0 Å². The van der Waals surface area contributed by atoms with Crippen molar-refractivity contribution < 1.29 is 0 Å². The van der Waals surface area contributed by atoms with Gasteiger partial charge in [0.2, 0.25) is 0 Å². The summed E-state index contributed by atoms with van der Waals surface area (Å²) in [6.45, 7) is 21.3. The van der Waals surface area contributed by atoms with Crippen LogP contribution in [0.25, 0.3) is 0 Å². The topological polar surface area (TPSA) is 22.6 Å². The highest BCUT2D eigenvalue weighted by atomic mass is 15.2. The van der Waals surface area contributed by atoms with E-state index in [0.717, 1.165) is 57.7 Å². The van der Waals surface area contributed by atoms with Gasteiger partial charge in [-0.15, -0.1) is 0 Å². The van der Waals surface area contributed by atoms with Crippen molar-refractivity contribution in [2.24, 2.45) is 5.92 Å². The van der Waals surface area contributed by atoms with Gasteiger partial charge in [0.1, 0.15) is 0 Å². The lowest BCUT2D eigenvalue weighted by Crippen LogP contribution is -2.45. The average molecular weight is 473 g/mol. The van der Waals surface area contributed by atoms with E-state index in [-0.39, 0.29) is 0 Å². The molecule has 4 heteroatoms. The molecule has 2 aliphatic heterocycles. The first-order chi connectivity index (χ1) is 17.0. The highest BCUT2D eigenvalue weighted by Gasteiger charge is 2.30. The van der Waals surface area contributed by atoms with E-state index in [0.29, 0.717) is 17.9 Å². The number of piperidine rings is 2. The van der Waals surface area contributed by atoms with Crippen LogP contribution in [0.5, 0.6) is 0 Å². The van der Waals surface area contributed by atoms with Gasteiger partial charge in [-0.05, 0) is 87.4 Å². The molecule has 0 N–H and O–H groups in total. The van der Waals surface area contributed by atoms with Gasteiger partial charge < -0.3 is 9.80 Å². The molecule has 3 heterocycles. The smallest absolute Gasteiger partial charge is 0.0445 e. The van der Waals surface area contributed by atoms with Gasteiger partial charge in [0.25, 0.3) is 0 Å². The number of pyridine rings is 1. The van der Waals surface area contributed by atoms with Crippen molar-refractivity contribution in [1.29, 1.82) is 0 Å². The number of likely N-dealkylation sites (tertiary alicyclic amines) is 2. The average Bonchev–Trinajstić information content (AvgIpc) is 2.89. The Morgan fingerprint density at radius 2 is 1.66 bits per heavy atom. The number of aromatic nitrogens is 1. The normalized spacial score (nSPS) is 18.9. The summed E-state index contributed by atoms with van der Waals surface area (Å²) in [5.74, 6) is 1.17. The Morgan fingerprint density at radius 3 is 2.29 bits per heavy atom. The maximum atomic E-state index is 4.59. The van der Waals surface area contributed by atoms with Gasteiger partial charge in [0.15, 0.2) is 0 Å². The van der Waals surface area contributed by atoms with Gasteiger partial charge in [0, 0.05) is 61.1 Å². The van der Waals surface area contributed by atoms with Crippen molar-refractivity contribution in [1.82, 2.24) is 14.8 Å². The lowest BCUT2D eigenvalue weighted by molar-refractivity contribution is 0.160. The second-order valence-corrected chi connectivity index (χ2v) is 10.6.